The van der Waals surface area contributed by atoms with Crippen LogP contribution < -0.4 is 81.8 Å². The highest BCUT2D eigenvalue weighted by molar-refractivity contribution is 7.92. The first-order valence-corrected chi connectivity index (χ1v) is 34.7. The number of hydrogen-bond acceptors (Lipinski definition) is 20. The lowest BCUT2D eigenvalue weighted by Gasteiger charge is -2.26. The number of anilines is 6. The summed E-state index contributed by atoms with van der Waals surface area (Å²) < 4.78 is 70.9. The number of hydroxylamine groups is 1. The molecule has 0 bridgehead atoms. The van der Waals surface area contributed by atoms with Gasteiger partial charge in [0.25, 0.3) is 27.7 Å². The lowest BCUT2D eigenvalue weighted by atomic mass is 10.2. The summed E-state index contributed by atoms with van der Waals surface area (Å²) in [5, 5.41) is 13.7. The number of carbonyl (C=O) groups is 7. The molecule has 1 unspecified atom stereocenters. The number of methoxy groups -OCH3 is 2. The number of carbonyl (C=O) groups excluding carboxylic acids is 7. The molecule has 4 heterocycles. The number of benzene rings is 4. The van der Waals surface area contributed by atoms with Crippen molar-refractivity contribution in [3.05, 3.63) is 144 Å². The number of morpholine rings is 2. The molecule has 0 spiro atoms. The Balaban J connectivity index is 0.701. The van der Waals surface area contributed by atoms with E-state index >= 15 is 0 Å². The number of aromatic nitrogens is 2. The number of amides is 7. The van der Waals surface area contributed by atoms with Crippen LogP contribution in [0.2, 0.25) is 0 Å². The lowest BCUT2D eigenvalue weighted by Crippen LogP contribution is -2.43. The Morgan fingerprint density at radius 3 is 1.68 bits per heavy atom. The monoisotopic (exact) mass is 1410 g/mol. The first-order valence-electron chi connectivity index (χ1n) is 32.1. The zero-order valence-electron chi connectivity index (χ0n) is 55.6. The van der Waals surface area contributed by atoms with Crippen LogP contribution in [0.5, 0.6) is 11.5 Å². The van der Waals surface area contributed by atoms with Gasteiger partial charge in [-0.25, -0.2) is 18.1 Å². The Morgan fingerprint density at radius 2 is 1.08 bits per heavy atom. The van der Waals surface area contributed by atoms with Crippen molar-refractivity contribution in [2.24, 2.45) is 0 Å². The van der Waals surface area contributed by atoms with Crippen LogP contribution in [0.1, 0.15) is 52.7 Å². The minimum Gasteiger partial charge on any atom is -0.494 e. The van der Waals surface area contributed by atoms with Gasteiger partial charge in [0.2, 0.25) is 13.1 Å². The zero-order chi connectivity index (χ0) is 70.5. The number of hydrogen-bond donors (Lipinski definition) is 12. The van der Waals surface area contributed by atoms with Gasteiger partial charge in [0.15, 0.2) is 24.8 Å². The zero-order valence-corrected chi connectivity index (χ0v) is 57.3. The molecule has 8 rings (SSSR count). The SMILES string of the molecule is COc1cc(NS(=O)c2cccc(NC(=O)C[n+]3cc(C)cc(CONCCCCNC(=O)c4cc(C)c[n+](CC(=O)Nc5cccc(S(=O)(=O)Nc6ccc(NNC(=O)C(=O)NCCCN7CCOCC7)c(OC)c6)c5)c4)c3)c2)ccc1NNC(=O)C(=O)NCCCN1CCOCC1. The number of nitrogens with one attached hydrogen (secondary N) is 12. The van der Waals surface area contributed by atoms with Crippen molar-refractivity contribution < 1.29 is 79.1 Å². The van der Waals surface area contributed by atoms with Crippen molar-refractivity contribution in [3.63, 3.8) is 0 Å². The Labute approximate surface area is 576 Å². The first-order chi connectivity index (χ1) is 47.8. The maximum absolute atomic E-state index is 13.6. The maximum Gasteiger partial charge on any atom is 0.327 e. The summed E-state index contributed by atoms with van der Waals surface area (Å²) in [4.78, 5) is 100.0. The average molecular weight is 1410 g/mol. The molecule has 12 N–H and O–H groups in total. The summed E-state index contributed by atoms with van der Waals surface area (Å²) in [7, 11) is -3.18. The summed E-state index contributed by atoms with van der Waals surface area (Å²) in [5.41, 5.74) is 17.5. The van der Waals surface area contributed by atoms with E-state index in [1.807, 2.05) is 19.2 Å². The summed E-state index contributed by atoms with van der Waals surface area (Å²) in [5.74, 6) is -4.11. The molecule has 2 aliphatic rings. The number of pyridine rings is 2. The summed E-state index contributed by atoms with van der Waals surface area (Å²) in [6, 6.07) is 25.0. The third kappa shape index (κ3) is 24.9. The molecule has 530 valence electrons. The average Bonchev–Trinajstić information content (AvgIpc) is 0.845. The van der Waals surface area contributed by atoms with Gasteiger partial charge in [-0.3, -0.25) is 74.6 Å². The predicted molar refractivity (Wildman–Crippen MR) is 367 cm³/mol. The van der Waals surface area contributed by atoms with E-state index in [1.54, 1.807) is 89.2 Å². The van der Waals surface area contributed by atoms with Crippen molar-refractivity contribution in [2.45, 2.75) is 69.0 Å². The van der Waals surface area contributed by atoms with Crippen LogP contribution in [-0.2, 0) is 83.8 Å². The molecule has 1 atom stereocenters. The third-order valence-corrected chi connectivity index (χ3v) is 17.6. The van der Waals surface area contributed by atoms with Crippen molar-refractivity contribution in [1.82, 2.24) is 42.1 Å². The van der Waals surface area contributed by atoms with Crippen LogP contribution in [0, 0.1) is 13.8 Å². The van der Waals surface area contributed by atoms with Crippen LogP contribution in [0.25, 0.3) is 0 Å². The number of aryl methyl sites for hydroxylation is 2. The van der Waals surface area contributed by atoms with Crippen LogP contribution in [0.15, 0.2) is 132 Å². The standard InChI is InChI=1S/C66H84N16O15S2/c1-46-33-48(41-81(39-46)43-60(83)71-50-11-7-13-54(35-50)98(90)77-52-15-17-56(58(37-52)93-3)73-75-65(88)63(86)68-20-9-23-79-25-29-95-30-26-79)45-97-70-22-6-5-19-67-62(85)49-34-47(2)40-82(42-49)44-61(84)72-51-12-8-14-55(36-51)99(91,92)78-53-16-18-57(59(38-53)94-4)74-76-66(89)64(87)69-21-10-24-80-27-31-96-32-28-80/h7-8,11-18,33-42,70H,5-6,9-10,19-32,43-45H2,1-4H3,(H9-2,67,68,69,71,72,73,74,75,76,77,78,83,84,85,86,87,88,89)/p+2. The van der Waals surface area contributed by atoms with Gasteiger partial charge in [0, 0.05) is 92.6 Å². The minimum atomic E-state index is -4.20. The Bertz CT molecular complexity index is 3930. The topological polar surface area (TPSA) is 375 Å². The van der Waals surface area contributed by atoms with E-state index < -0.39 is 50.5 Å². The fourth-order valence-corrected chi connectivity index (χ4v) is 12.3. The molecule has 2 saturated heterocycles. The number of nitrogens with zero attached hydrogens (tertiary/aromatic N) is 4. The largest absolute Gasteiger partial charge is 0.494 e. The smallest absolute Gasteiger partial charge is 0.327 e. The second kappa shape index (κ2) is 38.3. The normalized spacial score (nSPS) is 13.5. The van der Waals surface area contributed by atoms with E-state index in [2.05, 4.69) is 73.0 Å². The number of unbranched alkanes of at least 4 members (excludes halogenated alkanes) is 1. The van der Waals surface area contributed by atoms with Gasteiger partial charge in [-0.05, 0) is 125 Å². The van der Waals surface area contributed by atoms with E-state index in [0.29, 0.717) is 112 Å². The van der Waals surface area contributed by atoms with E-state index in [9.17, 15) is 46.2 Å². The van der Waals surface area contributed by atoms with Gasteiger partial charge in [-0.15, -0.1) is 0 Å². The Hall–Kier alpha value is -9.87. The molecule has 2 fully saturated rings. The molecule has 2 aliphatic heterocycles. The first kappa shape index (κ1) is 74.9. The summed E-state index contributed by atoms with van der Waals surface area (Å²) >= 11 is 0. The van der Waals surface area contributed by atoms with Crippen molar-refractivity contribution in [3.8, 4) is 11.5 Å². The molecule has 0 saturated carbocycles. The Kier molecular flexibility index (Phi) is 29.0. The fraction of sp³-hybridized carbons (Fsp3) is 0.379. The van der Waals surface area contributed by atoms with Crippen LogP contribution >= 0.6 is 0 Å². The second-order valence-corrected chi connectivity index (χ2v) is 26.0. The molecule has 4 aromatic carbocycles. The molecule has 2 aromatic heterocycles. The number of hydrazine groups is 2. The van der Waals surface area contributed by atoms with Crippen LogP contribution in [0.4, 0.5) is 34.1 Å². The van der Waals surface area contributed by atoms with Crippen LogP contribution in [0.3, 0.4) is 0 Å². The minimum absolute atomic E-state index is 0.0206. The maximum atomic E-state index is 13.6. The molecule has 99 heavy (non-hydrogen) atoms. The quantitative estimate of drug-likeness (QED) is 0.0117. The van der Waals surface area contributed by atoms with Gasteiger partial charge in [-0.1, -0.05) is 12.1 Å². The van der Waals surface area contributed by atoms with E-state index in [0.717, 1.165) is 56.0 Å². The Morgan fingerprint density at radius 1 is 0.556 bits per heavy atom. The number of ether oxygens (including phenoxy) is 4. The molecular weight excluding hydrogens is 1320 g/mol. The van der Waals surface area contributed by atoms with E-state index in [4.69, 9.17) is 23.8 Å². The molecule has 0 radical (unpaired) electrons. The molecule has 31 nitrogen and oxygen atoms in total. The number of sulfonamides is 1. The highest BCUT2D eigenvalue weighted by atomic mass is 32.2. The lowest BCUT2D eigenvalue weighted by molar-refractivity contribution is -0.684. The highest BCUT2D eigenvalue weighted by Crippen LogP contribution is 2.30. The predicted octanol–water partition coefficient (Wildman–Crippen LogP) is 1.90. The number of rotatable bonds is 35. The van der Waals surface area contributed by atoms with Gasteiger partial charge < -0.3 is 50.3 Å². The summed E-state index contributed by atoms with van der Waals surface area (Å²) in [6.07, 6.45) is 9.53. The molecule has 7 amide bonds. The van der Waals surface area contributed by atoms with Gasteiger partial charge >= 0.3 is 23.6 Å². The van der Waals surface area contributed by atoms with Crippen molar-refractivity contribution in [1.29, 1.82) is 0 Å². The molecular formula is C66H86N16O15S2+2. The van der Waals surface area contributed by atoms with Crippen LogP contribution in [-0.4, -0.2) is 170 Å². The van der Waals surface area contributed by atoms with E-state index in [1.165, 1.54) is 50.6 Å². The van der Waals surface area contributed by atoms with Gasteiger partial charge in [0.1, 0.15) is 28.0 Å². The van der Waals surface area contributed by atoms with Crippen molar-refractivity contribution >= 4 is 96.5 Å². The van der Waals surface area contributed by atoms with Crippen molar-refractivity contribution in [2.75, 3.05) is 137 Å². The summed E-state index contributed by atoms with van der Waals surface area (Å²) in [6.45, 7) is 12.8. The van der Waals surface area contributed by atoms with Gasteiger partial charge in [0.05, 0.1) is 79.8 Å². The molecule has 33 heteroatoms. The third-order valence-electron chi connectivity index (χ3n) is 15.2. The van der Waals surface area contributed by atoms with E-state index in [-0.39, 0.29) is 59.2 Å². The second-order valence-electron chi connectivity index (χ2n) is 23.1. The van der Waals surface area contributed by atoms with Gasteiger partial charge in [-0.2, -0.15) is 9.13 Å². The molecule has 6 aromatic rings. The fourth-order valence-electron chi connectivity index (χ4n) is 10.3. The molecule has 0 aliphatic carbocycles. The highest BCUT2D eigenvalue weighted by Gasteiger charge is 2.23.